The summed E-state index contributed by atoms with van der Waals surface area (Å²) in [5.41, 5.74) is -0.379. The number of carbonyl (C=O) groups is 2. The van der Waals surface area contributed by atoms with E-state index in [1.165, 1.54) is 0 Å². The van der Waals surface area contributed by atoms with Crippen molar-refractivity contribution in [3.05, 3.63) is 29.3 Å². The van der Waals surface area contributed by atoms with E-state index in [4.69, 9.17) is 11.6 Å². The Balaban J connectivity index is 2.52. The number of hydrogen-bond acceptors (Lipinski definition) is 3. The average molecular weight is 352 g/mol. The fourth-order valence-electron chi connectivity index (χ4n) is 2.00. The van der Waals surface area contributed by atoms with Gasteiger partial charge in [0.15, 0.2) is 13.1 Å². The predicted octanol–water partition coefficient (Wildman–Crippen LogP) is 0.848. The van der Waals surface area contributed by atoms with E-state index in [2.05, 4.69) is 16.7 Å². The summed E-state index contributed by atoms with van der Waals surface area (Å²) in [4.78, 5) is 24.8. The van der Waals surface area contributed by atoms with E-state index < -0.39 is 5.54 Å². The second-order valence-corrected chi connectivity index (χ2v) is 6.76. The van der Waals surface area contributed by atoms with Crippen molar-refractivity contribution in [3.8, 4) is 6.07 Å². The lowest BCUT2D eigenvalue weighted by atomic mass is 9.90. The van der Waals surface area contributed by atoms with Crippen LogP contribution in [0.3, 0.4) is 0 Å². The average Bonchev–Trinajstić information content (AvgIpc) is 2.48. The first kappa shape index (κ1) is 19.9. The topological polar surface area (TPSA) is 86.4 Å². The zero-order valence-corrected chi connectivity index (χ0v) is 15.2. The third-order valence-electron chi connectivity index (χ3n) is 3.86. The molecule has 24 heavy (non-hydrogen) atoms. The third kappa shape index (κ3) is 5.84. The van der Waals surface area contributed by atoms with Crippen LogP contribution in [0.25, 0.3) is 0 Å². The molecule has 0 aliphatic carbocycles. The molecule has 0 saturated carbocycles. The van der Waals surface area contributed by atoms with Gasteiger partial charge >= 0.3 is 0 Å². The van der Waals surface area contributed by atoms with Crippen LogP contribution in [0.4, 0.5) is 5.69 Å². The summed E-state index contributed by atoms with van der Waals surface area (Å²) < 4.78 is 0. The number of nitriles is 1. The van der Waals surface area contributed by atoms with Crippen LogP contribution in [0.5, 0.6) is 0 Å². The highest BCUT2D eigenvalue weighted by Crippen LogP contribution is 2.19. The van der Waals surface area contributed by atoms with Gasteiger partial charge in [0.2, 0.25) is 0 Å². The summed E-state index contributed by atoms with van der Waals surface area (Å²) in [7, 11) is 1.74. The number of para-hydroxylation sites is 1. The van der Waals surface area contributed by atoms with Gasteiger partial charge in [-0.15, -0.1) is 0 Å². The molecule has 1 aromatic carbocycles. The number of carbonyl (C=O) groups excluding carboxylic acids is 2. The molecular formula is C17H24ClN4O2+. The Hall–Kier alpha value is -2.10. The van der Waals surface area contributed by atoms with Crippen molar-refractivity contribution < 1.29 is 14.5 Å². The number of nitrogens with zero attached hydrogens (tertiary/aromatic N) is 1. The van der Waals surface area contributed by atoms with Gasteiger partial charge in [-0.05, 0) is 25.0 Å². The highest BCUT2D eigenvalue weighted by Gasteiger charge is 2.31. The maximum Gasteiger partial charge on any atom is 0.279 e. The van der Waals surface area contributed by atoms with E-state index in [0.717, 1.165) is 0 Å². The van der Waals surface area contributed by atoms with E-state index in [0.29, 0.717) is 15.6 Å². The van der Waals surface area contributed by atoms with Crippen molar-refractivity contribution in [2.24, 2.45) is 5.92 Å². The maximum atomic E-state index is 12.1. The largest absolute Gasteiger partial charge is 0.333 e. The number of nitrogens with one attached hydrogen (secondary N) is 3. The first-order valence-electron chi connectivity index (χ1n) is 7.76. The summed E-state index contributed by atoms with van der Waals surface area (Å²) in [5, 5.41) is 15.1. The molecule has 0 aromatic heterocycles. The molecule has 1 rings (SSSR count). The molecule has 2 atom stereocenters. The molecule has 2 amide bonds. The Morgan fingerprint density at radius 1 is 1.29 bits per heavy atom. The number of quaternary nitrogens is 1. The van der Waals surface area contributed by atoms with Crippen molar-refractivity contribution in [2.75, 3.05) is 25.5 Å². The molecule has 1 unspecified atom stereocenters. The van der Waals surface area contributed by atoms with Gasteiger partial charge in [-0.25, -0.2) is 0 Å². The second kappa shape index (κ2) is 8.67. The molecule has 0 fully saturated rings. The van der Waals surface area contributed by atoms with Crippen molar-refractivity contribution >= 4 is 29.1 Å². The van der Waals surface area contributed by atoms with Crippen LogP contribution in [0, 0.1) is 17.2 Å². The van der Waals surface area contributed by atoms with Crippen LogP contribution in [-0.4, -0.2) is 37.5 Å². The molecule has 0 spiro atoms. The van der Waals surface area contributed by atoms with E-state index in [-0.39, 0.29) is 30.8 Å². The molecule has 7 heteroatoms. The highest BCUT2D eigenvalue weighted by atomic mass is 35.5. The molecule has 0 saturated heterocycles. The SMILES string of the molecule is CC(C)[C@@](C)(C#N)NC(=O)C[NH+](C)CC(=O)Nc1ccccc1Cl. The molecule has 1 aromatic rings. The number of rotatable bonds is 7. The Kier molecular flexibility index (Phi) is 7.20. The molecular weight excluding hydrogens is 328 g/mol. The van der Waals surface area contributed by atoms with Gasteiger partial charge in [-0.2, -0.15) is 5.26 Å². The Morgan fingerprint density at radius 2 is 1.88 bits per heavy atom. The number of halogens is 1. The monoisotopic (exact) mass is 351 g/mol. The number of likely N-dealkylation sites (N-methyl/N-ethyl adjacent to an activating group) is 1. The molecule has 0 radical (unpaired) electrons. The minimum Gasteiger partial charge on any atom is -0.333 e. The summed E-state index contributed by atoms with van der Waals surface area (Å²) in [6.07, 6.45) is 0. The van der Waals surface area contributed by atoms with Gasteiger partial charge in [0, 0.05) is 0 Å². The molecule has 0 heterocycles. The van der Waals surface area contributed by atoms with Crippen molar-refractivity contribution in [1.29, 1.82) is 5.26 Å². The van der Waals surface area contributed by atoms with Gasteiger partial charge in [-0.3, -0.25) is 9.59 Å². The Labute approximate surface area is 147 Å². The van der Waals surface area contributed by atoms with Crippen molar-refractivity contribution in [1.82, 2.24) is 5.32 Å². The normalized spacial score (nSPS) is 14.4. The maximum absolute atomic E-state index is 12.1. The van der Waals surface area contributed by atoms with Crippen LogP contribution < -0.4 is 15.5 Å². The van der Waals surface area contributed by atoms with Gasteiger partial charge in [0.1, 0.15) is 5.54 Å². The first-order chi connectivity index (χ1) is 11.2. The van der Waals surface area contributed by atoms with Crippen LogP contribution >= 0.6 is 11.6 Å². The van der Waals surface area contributed by atoms with E-state index in [9.17, 15) is 14.9 Å². The summed E-state index contributed by atoms with van der Waals surface area (Å²) in [6, 6.07) is 9.08. The minimum atomic E-state index is -0.919. The van der Waals surface area contributed by atoms with E-state index in [1.54, 1.807) is 38.2 Å². The number of benzene rings is 1. The summed E-state index contributed by atoms with van der Waals surface area (Å²) in [5.74, 6) is -0.522. The fraction of sp³-hybridized carbons (Fsp3) is 0.471. The molecule has 130 valence electrons. The molecule has 3 N–H and O–H groups in total. The van der Waals surface area contributed by atoms with Crippen LogP contribution in [0.15, 0.2) is 24.3 Å². The third-order valence-corrected chi connectivity index (χ3v) is 4.19. The lowest BCUT2D eigenvalue weighted by Crippen LogP contribution is -3.11. The quantitative estimate of drug-likeness (QED) is 0.680. The van der Waals surface area contributed by atoms with Crippen LogP contribution in [0.1, 0.15) is 20.8 Å². The van der Waals surface area contributed by atoms with Crippen LogP contribution in [0.2, 0.25) is 5.02 Å². The van der Waals surface area contributed by atoms with Gasteiger partial charge in [0.05, 0.1) is 23.8 Å². The fourth-order valence-corrected chi connectivity index (χ4v) is 2.19. The minimum absolute atomic E-state index is 0.0183. The second-order valence-electron chi connectivity index (χ2n) is 6.36. The lowest BCUT2D eigenvalue weighted by Gasteiger charge is -2.27. The summed E-state index contributed by atoms with van der Waals surface area (Å²) in [6.45, 7) is 5.65. The van der Waals surface area contributed by atoms with Crippen LogP contribution in [-0.2, 0) is 9.59 Å². The number of amides is 2. The Morgan fingerprint density at radius 3 is 2.42 bits per heavy atom. The van der Waals surface area contributed by atoms with Crippen molar-refractivity contribution in [2.45, 2.75) is 26.3 Å². The standard InChI is InChI=1S/C17H23ClN4O2/c1-12(2)17(3,11-19)21-16(24)10-22(4)9-15(23)20-14-8-6-5-7-13(14)18/h5-8,12H,9-10H2,1-4H3,(H,20,23)(H,21,24)/p+1/t17-/m1/s1. The molecule has 0 bridgehead atoms. The number of hydrogen-bond donors (Lipinski definition) is 3. The van der Waals surface area contributed by atoms with Gasteiger partial charge < -0.3 is 15.5 Å². The molecule has 0 aliphatic rings. The van der Waals surface area contributed by atoms with Crippen molar-refractivity contribution in [3.63, 3.8) is 0 Å². The van der Waals surface area contributed by atoms with Gasteiger partial charge in [-0.1, -0.05) is 37.6 Å². The predicted molar refractivity (Wildman–Crippen MR) is 93.7 cm³/mol. The zero-order chi connectivity index (χ0) is 18.3. The molecule has 6 nitrogen and oxygen atoms in total. The zero-order valence-electron chi connectivity index (χ0n) is 14.4. The first-order valence-corrected chi connectivity index (χ1v) is 8.13. The Bertz CT molecular complexity index is 642. The van der Waals surface area contributed by atoms with E-state index in [1.807, 2.05) is 13.8 Å². The summed E-state index contributed by atoms with van der Waals surface area (Å²) >= 11 is 5.99. The highest BCUT2D eigenvalue weighted by molar-refractivity contribution is 6.33. The van der Waals surface area contributed by atoms with Gasteiger partial charge in [0.25, 0.3) is 11.8 Å². The number of anilines is 1. The lowest BCUT2D eigenvalue weighted by molar-refractivity contribution is -0.862. The van der Waals surface area contributed by atoms with E-state index >= 15 is 0 Å². The smallest absolute Gasteiger partial charge is 0.279 e. The molecule has 0 aliphatic heterocycles.